The van der Waals surface area contributed by atoms with Crippen LogP contribution in [0.15, 0.2) is 76.4 Å². The highest BCUT2D eigenvalue weighted by Crippen LogP contribution is 2.47. The summed E-state index contributed by atoms with van der Waals surface area (Å²) in [5.74, 6) is 2.41. The van der Waals surface area contributed by atoms with Crippen molar-refractivity contribution < 1.29 is 19.0 Å². The van der Waals surface area contributed by atoms with Crippen LogP contribution >= 0.6 is 15.9 Å². The monoisotopic (exact) mass is 590 g/mol. The number of carbonyl (C=O) groups excluding carboxylic acids is 1. The van der Waals surface area contributed by atoms with Crippen molar-refractivity contribution in [3.05, 3.63) is 87.5 Å². The normalized spacial score (nSPS) is 18.3. The number of rotatable bonds is 9. The first kappa shape index (κ1) is 27.1. The number of fused-ring (bicyclic) bond motifs is 1. The van der Waals surface area contributed by atoms with Crippen molar-refractivity contribution in [3.63, 3.8) is 0 Å². The largest absolute Gasteiger partial charge is 0.494 e. The molecule has 6 nitrogen and oxygen atoms in total. The zero-order chi connectivity index (χ0) is 27.4. The van der Waals surface area contributed by atoms with Gasteiger partial charge in [-0.3, -0.25) is 4.79 Å². The Kier molecular flexibility index (Phi) is 8.46. The van der Waals surface area contributed by atoms with Gasteiger partial charge in [-0.05, 0) is 96.1 Å². The number of halogens is 1. The maximum atomic E-state index is 13.9. The number of nitrogens with one attached hydrogen (secondary N) is 2. The van der Waals surface area contributed by atoms with E-state index in [0.717, 1.165) is 56.8 Å². The number of hydrogen-bond donors (Lipinski definition) is 2. The highest BCUT2D eigenvalue weighted by atomic mass is 79.9. The van der Waals surface area contributed by atoms with E-state index in [-0.39, 0.29) is 17.7 Å². The van der Waals surface area contributed by atoms with E-state index < -0.39 is 0 Å². The van der Waals surface area contributed by atoms with Crippen LogP contribution in [0.4, 0.5) is 11.4 Å². The molecule has 2 aliphatic rings. The lowest BCUT2D eigenvalue weighted by Gasteiger charge is -2.30. The zero-order valence-electron chi connectivity index (χ0n) is 22.7. The quantitative estimate of drug-likeness (QED) is 0.263. The summed E-state index contributed by atoms with van der Waals surface area (Å²) in [5.41, 5.74) is 5.70. The van der Waals surface area contributed by atoms with Crippen molar-refractivity contribution >= 4 is 33.1 Å². The van der Waals surface area contributed by atoms with E-state index in [1.54, 1.807) is 0 Å². The lowest BCUT2D eigenvalue weighted by molar-refractivity contribution is -0.116. The molecule has 3 aromatic rings. The molecule has 3 aromatic carbocycles. The maximum Gasteiger partial charge on any atom is 0.175 e. The number of carbonyl (C=O) groups is 1. The van der Waals surface area contributed by atoms with E-state index in [4.69, 9.17) is 14.2 Å². The first-order valence-corrected chi connectivity index (χ1v) is 14.5. The average Bonchev–Trinajstić information content (AvgIpc) is 3.11. The smallest absolute Gasteiger partial charge is 0.175 e. The van der Waals surface area contributed by atoms with Gasteiger partial charge in [0.1, 0.15) is 5.75 Å². The molecule has 7 heteroatoms. The van der Waals surface area contributed by atoms with E-state index >= 15 is 0 Å². The van der Waals surface area contributed by atoms with Crippen molar-refractivity contribution in [2.75, 3.05) is 30.5 Å². The fourth-order valence-electron chi connectivity index (χ4n) is 5.34. The third-order valence-corrected chi connectivity index (χ3v) is 7.68. The predicted molar refractivity (Wildman–Crippen MR) is 159 cm³/mol. The Morgan fingerprint density at radius 3 is 2.33 bits per heavy atom. The Hall–Kier alpha value is -3.45. The molecule has 2 N–H and O–H groups in total. The molecule has 0 saturated carbocycles. The standard InChI is InChI=1S/C32H35BrN2O4/c1-4-15-39-23-13-11-20(12-14-23)21-17-27-30(28(36)18-21)31(35-26-10-8-7-9-25(26)34-27)22-16-24(33)32(38-6-3)29(19-22)37-5-2/h7-14,16,19,21,31,34-35H,4-6,15,17-18H2,1-3H3. The number of ether oxygens (including phenoxy) is 3. The molecule has 2 unspecified atom stereocenters. The molecule has 0 radical (unpaired) electrons. The van der Waals surface area contributed by atoms with E-state index in [1.165, 1.54) is 0 Å². The Morgan fingerprint density at radius 1 is 0.872 bits per heavy atom. The summed E-state index contributed by atoms with van der Waals surface area (Å²) < 4.78 is 18.4. The van der Waals surface area contributed by atoms with Gasteiger partial charge in [-0.2, -0.15) is 0 Å². The fourth-order valence-corrected chi connectivity index (χ4v) is 5.91. The van der Waals surface area contributed by atoms with Crippen LogP contribution in [0.25, 0.3) is 0 Å². The lowest BCUT2D eigenvalue weighted by atomic mass is 9.78. The predicted octanol–water partition coefficient (Wildman–Crippen LogP) is 8.01. The van der Waals surface area contributed by atoms with Crippen LogP contribution in [0.1, 0.15) is 63.1 Å². The maximum absolute atomic E-state index is 13.9. The summed E-state index contributed by atoms with van der Waals surface area (Å²) in [7, 11) is 0. The minimum atomic E-state index is -0.347. The SMILES string of the molecule is CCCOc1ccc(C2CC(=O)C3=C(C2)Nc2ccccc2NC3c2cc(Br)c(OCC)c(OCC)c2)cc1. The summed E-state index contributed by atoms with van der Waals surface area (Å²) in [5, 5.41) is 7.28. The van der Waals surface area contributed by atoms with Gasteiger partial charge in [-0.25, -0.2) is 0 Å². The molecule has 39 heavy (non-hydrogen) atoms. The Morgan fingerprint density at radius 2 is 1.62 bits per heavy atom. The zero-order valence-corrected chi connectivity index (χ0v) is 24.3. The van der Waals surface area contributed by atoms with Crippen molar-refractivity contribution in [1.82, 2.24) is 0 Å². The topological polar surface area (TPSA) is 68.8 Å². The molecule has 0 amide bonds. The molecule has 1 aliphatic carbocycles. The van der Waals surface area contributed by atoms with Gasteiger partial charge in [-0.1, -0.05) is 31.2 Å². The third-order valence-electron chi connectivity index (χ3n) is 7.09. The van der Waals surface area contributed by atoms with Gasteiger partial charge in [-0.15, -0.1) is 0 Å². The first-order chi connectivity index (χ1) is 19.0. The molecular weight excluding hydrogens is 556 g/mol. The van der Waals surface area contributed by atoms with E-state index in [2.05, 4.69) is 45.6 Å². The van der Waals surface area contributed by atoms with Crippen molar-refractivity contribution in [1.29, 1.82) is 0 Å². The van der Waals surface area contributed by atoms with E-state index in [0.29, 0.717) is 37.7 Å². The molecule has 204 valence electrons. The second-order valence-corrected chi connectivity index (χ2v) is 10.6. The van der Waals surface area contributed by atoms with Crippen molar-refractivity contribution in [2.24, 2.45) is 0 Å². The number of hydrogen-bond acceptors (Lipinski definition) is 6. The summed E-state index contributed by atoms with van der Waals surface area (Å²) >= 11 is 3.69. The minimum Gasteiger partial charge on any atom is -0.494 e. The third kappa shape index (κ3) is 5.78. The molecule has 5 rings (SSSR count). The van der Waals surface area contributed by atoms with Gasteiger partial charge in [0.2, 0.25) is 0 Å². The number of anilines is 2. The first-order valence-electron chi connectivity index (χ1n) is 13.7. The van der Waals surface area contributed by atoms with Crippen LogP contribution in [0.2, 0.25) is 0 Å². The average molecular weight is 592 g/mol. The molecular formula is C32H35BrN2O4. The summed E-state index contributed by atoms with van der Waals surface area (Å²) in [4.78, 5) is 13.9. The molecule has 1 aliphatic heterocycles. The Labute approximate surface area is 238 Å². The fraction of sp³-hybridized carbons (Fsp3) is 0.344. The molecule has 2 atom stereocenters. The molecule has 0 fully saturated rings. The Bertz CT molecular complexity index is 1370. The van der Waals surface area contributed by atoms with Gasteiger partial charge >= 0.3 is 0 Å². The number of allylic oxidation sites excluding steroid dienone is 1. The van der Waals surface area contributed by atoms with Gasteiger partial charge in [0.15, 0.2) is 17.3 Å². The Balaban J connectivity index is 1.55. The minimum absolute atomic E-state index is 0.0842. The highest BCUT2D eigenvalue weighted by molar-refractivity contribution is 9.10. The van der Waals surface area contributed by atoms with E-state index in [1.807, 2.05) is 62.4 Å². The second-order valence-electron chi connectivity index (χ2n) is 9.78. The molecule has 1 heterocycles. The number of ketones is 1. The number of benzene rings is 3. The molecule has 0 bridgehead atoms. The van der Waals surface area contributed by atoms with Crippen LogP contribution in [0.3, 0.4) is 0 Å². The van der Waals surface area contributed by atoms with Crippen LogP contribution in [0, 0.1) is 0 Å². The van der Waals surface area contributed by atoms with Crippen LogP contribution in [-0.4, -0.2) is 25.6 Å². The second kappa shape index (κ2) is 12.2. The van der Waals surface area contributed by atoms with Gasteiger partial charge < -0.3 is 24.8 Å². The highest BCUT2D eigenvalue weighted by Gasteiger charge is 2.36. The van der Waals surface area contributed by atoms with Gasteiger partial charge in [0.05, 0.1) is 41.7 Å². The van der Waals surface area contributed by atoms with Crippen molar-refractivity contribution in [2.45, 2.75) is 52.0 Å². The van der Waals surface area contributed by atoms with Crippen molar-refractivity contribution in [3.8, 4) is 17.2 Å². The summed E-state index contributed by atoms with van der Waals surface area (Å²) in [6.45, 7) is 7.73. The van der Waals surface area contributed by atoms with Gasteiger partial charge in [0, 0.05) is 17.7 Å². The van der Waals surface area contributed by atoms with Crippen LogP contribution in [0.5, 0.6) is 17.2 Å². The number of Topliss-reactive ketones (excluding diaryl/α,β-unsaturated/α-hetero) is 1. The lowest BCUT2D eigenvalue weighted by Crippen LogP contribution is -2.27. The van der Waals surface area contributed by atoms with Gasteiger partial charge in [0.25, 0.3) is 0 Å². The molecule has 0 aromatic heterocycles. The van der Waals surface area contributed by atoms with Crippen LogP contribution < -0.4 is 24.8 Å². The van der Waals surface area contributed by atoms with E-state index in [9.17, 15) is 4.79 Å². The van der Waals surface area contributed by atoms with Crippen LogP contribution in [-0.2, 0) is 4.79 Å². The molecule has 0 spiro atoms. The summed E-state index contributed by atoms with van der Waals surface area (Å²) in [6.07, 6.45) is 2.15. The number of para-hydroxylation sites is 2. The molecule has 0 saturated heterocycles. The summed E-state index contributed by atoms with van der Waals surface area (Å²) in [6, 6.07) is 20.0.